The van der Waals surface area contributed by atoms with Gasteiger partial charge in [0.1, 0.15) is 5.75 Å². The summed E-state index contributed by atoms with van der Waals surface area (Å²) in [5.41, 5.74) is 9.35. The van der Waals surface area contributed by atoms with Gasteiger partial charge in [0.2, 0.25) is 0 Å². The molecule has 3 nitrogen and oxygen atoms in total. The van der Waals surface area contributed by atoms with E-state index >= 15 is 0 Å². The molecule has 2 N–H and O–H groups in total. The highest BCUT2D eigenvalue weighted by Crippen LogP contribution is 2.34. The van der Waals surface area contributed by atoms with E-state index in [0.717, 1.165) is 23.3 Å². The standard InChI is InChI=1S/C14H23NO2/c1-6-14(15,9-16-4)13-11(3)7-10(2)8-12(13)17-5/h7-8H,6,9,15H2,1-5H3. The zero-order valence-electron chi connectivity index (χ0n) is 11.5. The van der Waals surface area contributed by atoms with Crippen LogP contribution in [0.5, 0.6) is 5.75 Å². The first-order valence-electron chi connectivity index (χ1n) is 5.92. The molecule has 17 heavy (non-hydrogen) atoms. The van der Waals surface area contributed by atoms with E-state index in [-0.39, 0.29) is 0 Å². The molecule has 0 amide bonds. The Kier molecular flexibility index (Phi) is 4.54. The second kappa shape index (κ2) is 5.52. The molecule has 1 aromatic carbocycles. The predicted molar refractivity (Wildman–Crippen MR) is 70.5 cm³/mol. The van der Waals surface area contributed by atoms with Crippen molar-refractivity contribution in [1.82, 2.24) is 0 Å². The summed E-state index contributed by atoms with van der Waals surface area (Å²) in [5, 5.41) is 0. The SMILES string of the molecule is CCC(N)(COC)c1c(C)cc(C)cc1OC. The van der Waals surface area contributed by atoms with Crippen molar-refractivity contribution in [3.05, 3.63) is 28.8 Å². The zero-order valence-corrected chi connectivity index (χ0v) is 11.5. The number of hydrogen-bond acceptors (Lipinski definition) is 3. The quantitative estimate of drug-likeness (QED) is 0.856. The lowest BCUT2D eigenvalue weighted by atomic mass is 9.84. The van der Waals surface area contributed by atoms with Gasteiger partial charge in [0.15, 0.2) is 0 Å². The summed E-state index contributed by atoms with van der Waals surface area (Å²) in [6.07, 6.45) is 0.807. The van der Waals surface area contributed by atoms with Crippen molar-refractivity contribution in [1.29, 1.82) is 0 Å². The predicted octanol–water partition coefficient (Wildman–Crippen LogP) is 2.52. The first-order chi connectivity index (χ1) is 7.98. The van der Waals surface area contributed by atoms with E-state index in [1.807, 2.05) is 6.07 Å². The summed E-state index contributed by atoms with van der Waals surface area (Å²) in [7, 11) is 3.36. The molecular formula is C14H23NO2. The van der Waals surface area contributed by atoms with E-state index in [9.17, 15) is 0 Å². The number of hydrogen-bond donors (Lipinski definition) is 1. The molecular weight excluding hydrogens is 214 g/mol. The molecule has 1 aromatic rings. The third kappa shape index (κ3) is 2.79. The Hall–Kier alpha value is -1.06. The molecule has 1 unspecified atom stereocenters. The fraction of sp³-hybridized carbons (Fsp3) is 0.571. The molecule has 0 aliphatic carbocycles. The number of methoxy groups -OCH3 is 2. The van der Waals surface area contributed by atoms with Crippen molar-refractivity contribution in [2.45, 2.75) is 32.7 Å². The van der Waals surface area contributed by atoms with Gasteiger partial charge in [-0.05, 0) is 37.5 Å². The molecule has 0 aliphatic heterocycles. The molecule has 0 saturated carbocycles. The van der Waals surface area contributed by atoms with Crippen LogP contribution in [0.25, 0.3) is 0 Å². The second-order valence-corrected chi connectivity index (χ2v) is 4.60. The van der Waals surface area contributed by atoms with E-state index in [1.165, 1.54) is 5.56 Å². The first kappa shape index (κ1) is 14.0. The summed E-state index contributed by atoms with van der Waals surface area (Å²) in [6, 6.07) is 4.15. The molecule has 1 atom stereocenters. The monoisotopic (exact) mass is 237 g/mol. The first-order valence-corrected chi connectivity index (χ1v) is 5.92. The van der Waals surface area contributed by atoms with Gasteiger partial charge in [0.25, 0.3) is 0 Å². The summed E-state index contributed by atoms with van der Waals surface area (Å²) in [5.74, 6) is 0.851. The second-order valence-electron chi connectivity index (χ2n) is 4.60. The maximum atomic E-state index is 6.45. The van der Waals surface area contributed by atoms with Gasteiger partial charge in [-0.3, -0.25) is 0 Å². The van der Waals surface area contributed by atoms with Crippen molar-refractivity contribution in [2.75, 3.05) is 20.8 Å². The highest BCUT2D eigenvalue weighted by Gasteiger charge is 2.30. The summed E-state index contributed by atoms with van der Waals surface area (Å²) < 4.78 is 10.7. The molecule has 0 aliphatic rings. The lowest BCUT2D eigenvalue weighted by Gasteiger charge is -2.31. The minimum absolute atomic E-state index is 0.488. The lowest BCUT2D eigenvalue weighted by Crippen LogP contribution is -2.41. The number of benzene rings is 1. The number of ether oxygens (including phenoxy) is 2. The van der Waals surface area contributed by atoms with Gasteiger partial charge in [-0.1, -0.05) is 13.0 Å². The highest BCUT2D eigenvalue weighted by molar-refractivity contribution is 5.47. The van der Waals surface area contributed by atoms with Crippen molar-refractivity contribution in [2.24, 2.45) is 5.73 Å². The van der Waals surface area contributed by atoms with Crippen LogP contribution in [0.2, 0.25) is 0 Å². The Morgan fingerprint density at radius 1 is 1.24 bits per heavy atom. The van der Waals surface area contributed by atoms with Gasteiger partial charge < -0.3 is 15.2 Å². The van der Waals surface area contributed by atoms with Crippen molar-refractivity contribution < 1.29 is 9.47 Å². The minimum Gasteiger partial charge on any atom is -0.496 e. The molecule has 0 radical (unpaired) electrons. The highest BCUT2D eigenvalue weighted by atomic mass is 16.5. The fourth-order valence-corrected chi connectivity index (χ4v) is 2.34. The maximum absolute atomic E-state index is 6.45. The lowest BCUT2D eigenvalue weighted by molar-refractivity contribution is 0.127. The van der Waals surface area contributed by atoms with Crippen LogP contribution in [-0.4, -0.2) is 20.8 Å². The Labute approximate surface area is 104 Å². The van der Waals surface area contributed by atoms with Gasteiger partial charge in [0, 0.05) is 12.7 Å². The third-order valence-electron chi connectivity index (χ3n) is 3.19. The van der Waals surface area contributed by atoms with Gasteiger partial charge in [-0.25, -0.2) is 0 Å². The van der Waals surface area contributed by atoms with Crippen LogP contribution in [0.15, 0.2) is 12.1 Å². The zero-order chi connectivity index (χ0) is 13.1. The molecule has 3 heteroatoms. The van der Waals surface area contributed by atoms with Crippen LogP contribution >= 0.6 is 0 Å². The van der Waals surface area contributed by atoms with Crippen molar-refractivity contribution in [3.8, 4) is 5.75 Å². The van der Waals surface area contributed by atoms with Crippen LogP contribution < -0.4 is 10.5 Å². The molecule has 1 rings (SSSR count). The van der Waals surface area contributed by atoms with Gasteiger partial charge in [-0.15, -0.1) is 0 Å². The van der Waals surface area contributed by atoms with Crippen LogP contribution in [0.4, 0.5) is 0 Å². The Balaban J connectivity index is 3.36. The molecule has 0 saturated heterocycles. The normalized spacial score (nSPS) is 14.5. The van der Waals surface area contributed by atoms with Crippen molar-refractivity contribution in [3.63, 3.8) is 0 Å². The molecule has 0 spiro atoms. The Morgan fingerprint density at radius 2 is 1.88 bits per heavy atom. The van der Waals surface area contributed by atoms with E-state index in [0.29, 0.717) is 6.61 Å². The topological polar surface area (TPSA) is 44.5 Å². The van der Waals surface area contributed by atoms with Crippen LogP contribution in [0.1, 0.15) is 30.0 Å². The third-order valence-corrected chi connectivity index (χ3v) is 3.19. The molecule has 0 aromatic heterocycles. The summed E-state index contributed by atoms with van der Waals surface area (Å²) >= 11 is 0. The van der Waals surface area contributed by atoms with Gasteiger partial charge >= 0.3 is 0 Å². The maximum Gasteiger partial charge on any atom is 0.124 e. The van der Waals surface area contributed by atoms with Crippen LogP contribution in [0.3, 0.4) is 0 Å². The van der Waals surface area contributed by atoms with Crippen LogP contribution in [-0.2, 0) is 10.3 Å². The minimum atomic E-state index is -0.488. The van der Waals surface area contributed by atoms with E-state index in [4.69, 9.17) is 15.2 Å². The van der Waals surface area contributed by atoms with Gasteiger partial charge in [0.05, 0.1) is 19.3 Å². The number of aryl methyl sites for hydroxylation is 2. The smallest absolute Gasteiger partial charge is 0.124 e. The van der Waals surface area contributed by atoms with Crippen LogP contribution in [0, 0.1) is 13.8 Å². The average Bonchev–Trinajstić information content (AvgIpc) is 2.27. The average molecular weight is 237 g/mol. The fourth-order valence-electron chi connectivity index (χ4n) is 2.34. The summed E-state index contributed by atoms with van der Waals surface area (Å²) in [6.45, 7) is 6.68. The summed E-state index contributed by atoms with van der Waals surface area (Å²) in [4.78, 5) is 0. The van der Waals surface area contributed by atoms with E-state index < -0.39 is 5.54 Å². The van der Waals surface area contributed by atoms with E-state index in [2.05, 4.69) is 26.8 Å². The number of nitrogens with two attached hydrogens (primary N) is 1. The molecule has 0 heterocycles. The molecule has 0 bridgehead atoms. The van der Waals surface area contributed by atoms with E-state index in [1.54, 1.807) is 14.2 Å². The molecule has 0 fully saturated rings. The number of rotatable bonds is 5. The Morgan fingerprint density at radius 3 is 2.35 bits per heavy atom. The largest absolute Gasteiger partial charge is 0.496 e. The Bertz CT molecular complexity index is 390. The van der Waals surface area contributed by atoms with Gasteiger partial charge in [-0.2, -0.15) is 0 Å². The van der Waals surface area contributed by atoms with Crippen molar-refractivity contribution >= 4 is 0 Å². The molecule has 96 valence electrons.